The van der Waals surface area contributed by atoms with Crippen molar-refractivity contribution in [2.24, 2.45) is 11.3 Å². The first-order chi connectivity index (χ1) is 9.32. The molecule has 0 aromatic rings. The van der Waals surface area contributed by atoms with Crippen molar-refractivity contribution >= 4 is 0 Å². The van der Waals surface area contributed by atoms with E-state index < -0.39 is 12.1 Å². The zero-order valence-corrected chi connectivity index (χ0v) is 12.6. The van der Waals surface area contributed by atoms with Crippen LogP contribution in [-0.4, -0.2) is 43.3 Å². The lowest BCUT2D eigenvalue weighted by Gasteiger charge is -2.40. The van der Waals surface area contributed by atoms with Crippen LogP contribution in [-0.2, 0) is 0 Å². The Morgan fingerprint density at radius 1 is 1.20 bits per heavy atom. The highest BCUT2D eigenvalue weighted by Crippen LogP contribution is 2.34. The fourth-order valence-electron chi connectivity index (χ4n) is 2.98. The third-order valence-electron chi connectivity index (χ3n) is 4.82. The Morgan fingerprint density at radius 3 is 2.45 bits per heavy atom. The molecule has 1 aliphatic carbocycles. The topological polar surface area (TPSA) is 15.3 Å². The number of likely N-dealkylation sites (tertiary alicyclic amines) is 1. The molecule has 2 unspecified atom stereocenters. The molecule has 1 saturated carbocycles. The van der Waals surface area contributed by atoms with Gasteiger partial charge >= 0.3 is 6.18 Å². The molecule has 1 heterocycles. The summed E-state index contributed by atoms with van der Waals surface area (Å²) in [6.45, 7) is 7.02. The van der Waals surface area contributed by atoms with Crippen LogP contribution < -0.4 is 5.32 Å². The van der Waals surface area contributed by atoms with Crippen LogP contribution in [0.25, 0.3) is 0 Å². The second-order valence-corrected chi connectivity index (χ2v) is 6.94. The van der Waals surface area contributed by atoms with E-state index in [0.29, 0.717) is 18.9 Å². The van der Waals surface area contributed by atoms with Gasteiger partial charge in [-0.2, -0.15) is 13.2 Å². The average Bonchev–Trinajstić information content (AvgIpc) is 3.20. The van der Waals surface area contributed by atoms with E-state index in [9.17, 15) is 13.2 Å². The minimum Gasteiger partial charge on any atom is -0.313 e. The van der Waals surface area contributed by atoms with Crippen molar-refractivity contribution in [1.29, 1.82) is 0 Å². The molecule has 1 saturated heterocycles. The smallest absolute Gasteiger partial charge is 0.313 e. The monoisotopic (exact) mass is 292 g/mol. The Bertz CT molecular complexity index is 315. The molecule has 2 rings (SSSR count). The van der Waals surface area contributed by atoms with Crippen molar-refractivity contribution in [3.8, 4) is 0 Å². The molecular formula is C15H27F3N2. The Hall–Kier alpha value is -0.290. The summed E-state index contributed by atoms with van der Waals surface area (Å²) in [4.78, 5) is 2.03. The van der Waals surface area contributed by atoms with E-state index in [1.807, 2.05) is 4.90 Å². The molecule has 1 N–H and O–H groups in total. The summed E-state index contributed by atoms with van der Waals surface area (Å²) in [5, 5.41) is 3.53. The van der Waals surface area contributed by atoms with E-state index in [1.165, 1.54) is 12.8 Å². The van der Waals surface area contributed by atoms with Gasteiger partial charge in [0.05, 0.1) is 5.92 Å². The fraction of sp³-hybridized carbons (Fsp3) is 1.00. The standard InChI is InChI=1S/C15H27F3N2/c1-3-14(2,10-19-13-6-7-13)11-20-8-4-5-12(9-20)15(16,17)18/h12-13,19H,3-11H2,1-2H3. The Balaban J connectivity index is 1.85. The number of halogens is 3. The van der Waals surface area contributed by atoms with Crippen LogP contribution in [0, 0.1) is 11.3 Å². The van der Waals surface area contributed by atoms with Crippen molar-refractivity contribution in [1.82, 2.24) is 10.2 Å². The highest BCUT2D eigenvalue weighted by Gasteiger charge is 2.42. The second kappa shape index (κ2) is 6.22. The van der Waals surface area contributed by atoms with Crippen molar-refractivity contribution in [3.63, 3.8) is 0 Å². The molecule has 5 heteroatoms. The van der Waals surface area contributed by atoms with E-state index in [-0.39, 0.29) is 12.0 Å². The number of hydrogen-bond donors (Lipinski definition) is 1. The van der Waals surface area contributed by atoms with Gasteiger partial charge in [-0.3, -0.25) is 0 Å². The number of rotatable bonds is 6. The number of piperidine rings is 1. The fourth-order valence-corrected chi connectivity index (χ4v) is 2.98. The van der Waals surface area contributed by atoms with Crippen LogP contribution in [0.15, 0.2) is 0 Å². The van der Waals surface area contributed by atoms with Gasteiger partial charge in [-0.05, 0) is 44.1 Å². The van der Waals surface area contributed by atoms with E-state index in [2.05, 4.69) is 19.2 Å². The second-order valence-electron chi connectivity index (χ2n) is 6.94. The summed E-state index contributed by atoms with van der Waals surface area (Å²) in [6.07, 6.45) is 0.427. The number of hydrogen-bond acceptors (Lipinski definition) is 2. The van der Waals surface area contributed by atoms with Crippen LogP contribution in [0.1, 0.15) is 46.0 Å². The molecule has 0 radical (unpaired) electrons. The lowest BCUT2D eigenvalue weighted by molar-refractivity contribution is -0.187. The number of alkyl halides is 3. The van der Waals surface area contributed by atoms with E-state index in [1.54, 1.807) is 0 Å². The SMILES string of the molecule is CCC(C)(CNC1CC1)CN1CCCC(C(F)(F)F)C1. The predicted molar refractivity (Wildman–Crippen MR) is 74.6 cm³/mol. The van der Waals surface area contributed by atoms with Crippen LogP contribution in [0.2, 0.25) is 0 Å². The Morgan fingerprint density at radius 2 is 1.90 bits per heavy atom. The van der Waals surface area contributed by atoms with Crippen LogP contribution in [0.5, 0.6) is 0 Å². The quantitative estimate of drug-likeness (QED) is 0.807. The molecule has 0 aromatic carbocycles. The van der Waals surface area contributed by atoms with Gasteiger partial charge in [0, 0.05) is 25.7 Å². The van der Waals surface area contributed by atoms with Gasteiger partial charge in [0.1, 0.15) is 0 Å². The first-order valence-corrected chi connectivity index (χ1v) is 7.85. The molecule has 0 bridgehead atoms. The largest absolute Gasteiger partial charge is 0.393 e. The first-order valence-electron chi connectivity index (χ1n) is 7.85. The maximum Gasteiger partial charge on any atom is 0.393 e. The third kappa shape index (κ3) is 4.62. The number of nitrogens with one attached hydrogen (secondary N) is 1. The highest BCUT2D eigenvalue weighted by atomic mass is 19.4. The van der Waals surface area contributed by atoms with E-state index >= 15 is 0 Å². The molecule has 20 heavy (non-hydrogen) atoms. The minimum absolute atomic E-state index is 0.0794. The molecule has 0 amide bonds. The normalized spacial score (nSPS) is 28.4. The van der Waals surface area contributed by atoms with Gasteiger partial charge in [0.15, 0.2) is 0 Å². The first kappa shape index (κ1) is 16.1. The zero-order valence-electron chi connectivity index (χ0n) is 12.6. The van der Waals surface area contributed by atoms with Crippen molar-refractivity contribution in [2.45, 2.75) is 58.2 Å². The maximum absolute atomic E-state index is 12.9. The molecule has 2 nitrogen and oxygen atoms in total. The lowest BCUT2D eigenvalue weighted by Crippen LogP contribution is -2.48. The summed E-state index contributed by atoms with van der Waals surface area (Å²) in [5.74, 6) is -1.13. The Kier molecular flexibility index (Phi) is 5.00. The minimum atomic E-state index is -4.03. The van der Waals surface area contributed by atoms with E-state index in [0.717, 1.165) is 26.1 Å². The highest BCUT2D eigenvalue weighted by molar-refractivity contribution is 4.88. The van der Waals surface area contributed by atoms with Crippen LogP contribution in [0.3, 0.4) is 0 Å². The molecule has 2 aliphatic rings. The van der Waals surface area contributed by atoms with Crippen molar-refractivity contribution < 1.29 is 13.2 Å². The van der Waals surface area contributed by atoms with Crippen molar-refractivity contribution in [3.05, 3.63) is 0 Å². The average molecular weight is 292 g/mol. The summed E-state index contributed by atoms with van der Waals surface area (Å²) in [7, 11) is 0. The van der Waals surface area contributed by atoms with Gasteiger partial charge < -0.3 is 10.2 Å². The summed E-state index contributed by atoms with van der Waals surface area (Å²) in [6, 6.07) is 0.658. The molecule has 2 fully saturated rings. The lowest BCUT2D eigenvalue weighted by atomic mass is 9.85. The molecule has 0 aromatic heterocycles. The van der Waals surface area contributed by atoms with Gasteiger partial charge in [-0.25, -0.2) is 0 Å². The third-order valence-corrected chi connectivity index (χ3v) is 4.82. The maximum atomic E-state index is 12.9. The summed E-state index contributed by atoms with van der Waals surface area (Å²) in [5.41, 5.74) is 0.0794. The Labute approximate surface area is 120 Å². The predicted octanol–water partition coefficient (Wildman–Crippen LogP) is 3.43. The molecule has 2 atom stereocenters. The van der Waals surface area contributed by atoms with Crippen LogP contribution >= 0.6 is 0 Å². The molecule has 1 aliphatic heterocycles. The van der Waals surface area contributed by atoms with Crippen molar-refractivity contribution in [2.75, 3.05) is 26.2 Å². The zero-order chi connectivity index (χ0) is 14.8. The molecular weight excluding hydrogens is 265 g/mol. The van der Waals surface area contributed by atoms with Crippen LogP contribution in [0.4, 0.5) is 13.2 Å². The van der Waals surface area contributed by atoms with E-state index in [4.69, 9.17) is 0 Å². The van der Waals surface area contributed by atoms with Gasteiger partial charge in [-0.1, -0.05) is 13.8 Å². The molecule has 0 spiro atoms. The number of nitrogens with zero attached hydrogens (tertiary/aromatic N) is 1. The summed E-state index contributed by atoms with van der Waals surface area (Å²) < 4.78 is 38.6. The molecule has 118 valence electrons. The summed E-state index contributed by atoms with van der Waals surface area (Å²) >= 11 is 0. The van der Waals surface area contributed by atoms with Gasteiger partial charge in [-0.15, -0.1) is 0 Å². The van der Waals surface area contributed by atoms with Gasteiger partial charge in [0.25, 0.3) is 0 Å². The van der Waals surface area contributed by atoms with Gasteiger partial charge in [0.2, 0.25) is 0 Å².